The number of halogens is 1. The van der Waals surface area contributed by atoms with Crippen LogP contribution in [0.4, 0.5) is 0 Å². The molecule has 0 amide bonds. The van der Waals surface area contributed by atoms with E-state index in [1.54, 1.807) is 0 Å². The van der Waals surface area contributed by atoms with E-state index in [0.29, 0.717) is 0 Å². The molecule has 1 atom stereocenters. The number of rotatable bonds is 0. The fourth-order valence-corrected chi connectivity index (χ4v) is 2.69. The van der Waals surface area contributed by atoms with Gasteiger partial charge in [0.1, 0.15) is 4.71 Å². The number of thioether (sulfide) groups is 2. The first kappa shape index (κ1) is 6.78. The summed E-state index contributed by atoms with van der Waals surface area (Å²) in [5, 5.41) is 0.114. The molecule has 1 saturated heterocycles. The van der Waals surface area contributed by atoms with Gasteiger partial charge in [-0.25, -0.2) is 0 Å². The van der Waals surface area contributed by atoms with Gasteiger partial charge in [-0.15, -0.1) is 23.4 Å². The maximum absolute atomic E-state index is 10.6. The molecule has 1 fully saturated rings. The molecule has 1 aliphatic rings. The Morgan fingerprint density at radius 1 is 1.62 bits per heavy atom. The van der Waals surface area contributed by atoms with Crippen molar-refractivity contribution in [1.82, 2.24) is 0 Å². The van der Waals surface area contributed by atoms with E-state index in [1.807, 2.05) is 0 Å². The lowest BCUT2D eigenvalue weighted by Gasteiger charge is -2.11. The third kappa shape index (κ3) is 1.57. The summed E-state index contributed by atoms with van der Waals surface area (Å²) in [5.41, 5.74) is 0. The highest BCUT2D eigenvalue weighted by Gasteiger charge is 2.19. The molecule has 0 bridgehead atoms. The minimum Gasteiger partial charge on any atom is -0.285 e. The summed E-state index contributed by atoms with van der Waals surface area (Å²) in [4.78, 5) is 10.6. The molecule has 0 aromatic heterocycles. The molecule has 0 saturated carbocycles. The second-order valence-electron chi connectivity index (χ2n) is 1.35. The van der Waals surface area contributed by atoms with Crippen molar-refractivity contribution in [2.45, 2.75) is 4.71 Å². The van der Waals surface area contributed by atoms with Crippen LogP contribution in [0.15, 0.2) is 0 Å². The minimum absolute atomic E-state index is 0.114. The first-order valence-corrected chi connectivity index (χ1v) is 4.70. The quantitative estimate of drug-likeness (QED) is 0.511. The Labute approximate surface area is 61.5 Å². The van der Waals surface area contributed by atoms with Crippen LogP contribution in [0.5, 0.6) is 0 Å². The van der Waals surface area contributed by atoms with Crippen molar-refractivity contribution < 1.29 is 4.79 Å². The van der Waals surface area contributed by atoms with Crippen LogP contribution in [0, 0.1) is 0 Å². The number of hydrogen-bond donors (Lipinski definition) is 0. The molecule has 0 aromatic carbocycles. The van der Waals surface area contributed by atoms with Gasteiger partial charge in [-0.2, -0.15) is 0 Å². The summed E-state index contributed by atoms with van der Waals surface area (Å²) in [6, 6.07) is 0. The van der Waals surface area contributed by atoms with Gasteiger partial charge in [0.25, 0.3) is 0 Å². The van der Waals surface area contributed by atoms with Crippen molar-refractivity contribution in [2.75, 3.05) is 11.5 Å². The van der Waals surface area contributed by atoms with Gasteiger partial charge in [0.2, 0.25) is 5.12 Å². The first-order chi connectivity index (χ1) is 3.80. The third-order valence-electron chi connectivity index (χ3n) is 0.777. The van der Waals surface area contributed by atoms with Crippen LogP contribution in [-0.2, 0) is 4.79 Å². The van der Waals surface area contributed by atoms with E-state index in [4.69, 9.17) is 11.6 Å². The summed E-state index contributed by atoms with van der Waals surface area (Å²) in [6.45, 7) is 0. The second kappa shape index (κ2) is 2.99. The van der Waals surface area contributed by atoms with Crippen LogP contribution in [-0.4, -0.2) is 21.3 Å². The van der Waals surface area contributed by atoms with Gasteiger partial charge in [-0.3, -0.25) is 4.79 Å². The standard InChI is InChI=1S/C4H5ClOS2/c5-3-4(6)8-2-1-7-3/h3H,1-2H2. The van der Waals surface area contributed by atoms with Crippen LogP contribution in [0.2, 0.25) is 0 Å². The normalized spacial score (nSPS) is 30.6. The predicted octanol–water partition coefficient (Wildman–Crippen LogP) is 1.56. The van der Waals surface area contributed by atoms with Gasteiger partial charge in [0.05, 0.1) is 0 Å². The summed E-state index contributed by atoms with van der Waals surface area (Å²) in [5.74, 6) is 1.93. The fraction of sp³-hybridized carbons (Fsp3) is 0.750. The highest BCUT2D eigenvalue weighted by molar-refractivity contribution is 8.18. The van der Waals surface area contributed by atoms with E-state index < -0.39 is 0 Å². The van der Waals surface area contributed by atoms with Crippen LogP contribution >= 0.6 is 35.1 Å². The molecule has 0 aromatic rings. The van der Waals surface area contributed by atoms with Crippen LogP contribution in [0.25, 0.3) is 0 Å². The molecular weight excluding hydrogens is 164 g/mol. The minimum atomic E-state index is -0.284. The third-order valence-corrected chi connectivity index (χ3v) is 3.77. The molecule has 0 spiro atoms. The van der Waals surface area contributed by atoms with Gasteiger partial charge >= 0.3 is 0 Å². The lowest BCUT2D eigenvalue weighted by Crippen LogP contribution is -2.13. The highest BCUT2D eigenvalue weighted by atomic mass is 35.5. The van der Waals surface area contributed by atoms with E-state index in [9.17, 15) is 4.79 Å². The smallest absolute Gasteiger partial charge is 0.216 e. The Morgan fingerprint density at radius 3 is 2.75 bits per heavy atom. The molecule has 1 unspecified atom stereocenters. The highest BCUT2D eigenvalue weighted by Crippen LogP contribution is 2.27. The Morgan fingerprint density at radius 2 is 2.38 bits per heavy atom. The maximum Gasteiger partial charge on any atom is 0.216 e. The average molecular weight is 169 g/mol. The molecule has 1 heterocycles. The van der Waals surface area contributed by atoms with Crippen LogP contribution in [0.3, 0.4) is 0 Å². The lowest BCUT2D eigenvalue weighted by atomic mass is 10.9. The van der Waals surface area contributed by atoms with E-state index in [0.717, 1.165) is 11.5 Å². The Kier molecular flexibility index (Phi) is 2.53. The zero-order chi connectivity index (χ0) is 5.98. The Hall–Kier alpha value is 0.660. The van der Waals surface area contributed by atoms with Crippen molar-refractivity contribution in [1.29, 1.82) is 0 Å². The van der Waals surface area contributed by atoms with Crippen molar-refractivity contribution in [2.24, 2.45) is 0 Å². The zero-order valence-electron chi connectivity index (χ0n) is 4.09. The molecule has 4 heteroatoms. The maximum atomic E-state index is 10.6. The fourth-order valence-electron chi connectivity index (χ4n) is 0.427. The molecule has 46 valence electrons. The van der Waals surface area contributed by atoms with Crippen molar-refractivity contribution in [3.63, 3.8) is 0 Å². The van der Waals surface area contributed by atoms with Crippen molar-refractivity contribution in [3.05, 3.63) is 0 Å². The molecule has 0 aliphatic carbocycles. The number of carbonyl (C=O) groups is 1. The Bertz CT molecular complexity index is 106. The molecule has 8 heavy (non-hydrogen) atoms. The Balaban J connectivity index is 2.39. The number of carbonyl (C=O) groups excluding carboxylic acids is 1. The summed E-state index contributed by atoms with van der Waals surface area (Å²) in [6.07, 6.45) is 0. The second-order valence-corrected chi connectivity index (χ2v) is 4.36. The molecule has 0 radical (unpaired) electrons. The number of hydrogen-bond acceptors (Lipinski definition) is 3. The number of alkyl halides is 1. The van der Waals surface area contributed by atoms with Gasteiger partial charge in [0, 0.05) is 11.5 Å². The predicted molar refractivity (Wildman–Crippen MR) is 39.6 cm³/mol. The van der Waals surface area contributed by atoms with E-state index in [1.165, 1.54) is 23.5 Å². The molecule has 1 aliphatic heterocycles. The molecule has 1 nitrogen and oxygen atoms in total. The summed E-state index contributed by atoms with van der Waals surface area (Å²) in [7, 11) is 0. The average Bonchev–Trinajstić information content (AvgIpc) is 1.77. The van der Waals surface area contributed by atoms with E-state index in [2.05, 4.69) is 0 Å². The van der Waals surface area contributed by atoms with Crippen LogP contribution < -0.4 is 0 Å². The first-order valence-electron chi connectivity index (χ1n) is 2.23. The molecule has 1 rings (SSSR count). The monoisotopic (exact) mass is 168 g/mol. The van der Waals surface area contributed by atoms with Crippen molar-refractivity contribution in [3.8, 4) is 0 Å². The molecule has 0 N–H and O–H groups in total. The van der Waals surface area contributed by atoms with Gasteiger partial charge in [-0.05, 0) is 0 Å². The van der Waals surface area contributed by atoms with E-state index >= 15 is 0 Å². The van der Waals surface area contributed by atoms with E-state index in [-0.39, 0.29) is 9.82 Å². The summed E-state index contributed by atoms with van der Waals surface area (Å²) < 4.78 is -0.284. The topological polar surface area (TPSA) is 17.1 Å². The van der Waals surface area contributed by atoms with Crippen LogP contribution in [0.1, 0.15) is 0 Å². The SMILES string of the molecule is O=C1SCCSC1Cl. The van der Waals surface area contributed by atoms with Gasteiger partial charge < -0.3 is 0 Å². The van der Waals surface area contributed by atoms with Gasteiger partial charge in [-0.1, -0.05) is 11.8 Å². The molecular formula is C4H5ClOS2. The van der Waals surface area contributed by atoms with Crippen molar-refractivity contribution >= 4 is 40.2 Å². The lowest BCUT2D eigenvalue weighted by molar-refractivity contribution is -0.109. The largest absolute Gasteiger partial charge is 0.285 e. The zero-order valence-corrected chi connectivity index (χ0v) is 6.48. The van der Waals surface area contributed by atoms with Gasteiger partial charge in [0.15, 0.2) is 0 Å². The summed E-state index contributed by atoms with van der Waals surface area (Å²) >= 11 is 8.42.